The second-order valence-corrected chi connectivity index (χ2v) is 5.98. The normalized spacial score (nSPS) is 12.4. The van der Waals surface area contributed by atoms with Gasteiger partial charge in [-0.05, 0) is 12.1 Å². The van der Waals surface area contributed by atoms with Crippen molar-refractivity contribution in [2.75, 3.05) is 24.7 Å². The average molecular weight is 379 g/mol. The number of ether oxygens (including phenoxy) is 3. The van der Waals surface area contributed by atoms with E-state index in [1.807, 2.05) is 6.07 Å². The summed E-state index contributed by atoms with van der Waals surface area (Å²) in [6.07, 6.45) is -0.878. The maximum Gasteiger partial charge on any atom is 0.303 e. The van der Waals surface area contributed by atoms with Gasteiger partial charge in [-0.1, -0.05) is 18.2 Å². The summed E-state index contributed by atoms with van der Waals surface area (Å²) in [5, 5.41) is 0. The molecule has 0 saturated carbocycles. The number of carbonyl (C=O) groups is 4. The number of amides is 1. The molecule has 0 aliphatic rings. The van der Waals surface area contributed by atoms with Crippen LogP contribution in [0.2, 0.25) is 0 Å². The van der Waals surface area contributed by atoms with Gasteiger partial charge in [0.1, 0.15) is 12.7 Å². The molecule has 1 amide bonds. The van der Waals surface area contributed by atoms with Crippen molar-refractivity contribution in [1.29, 1.82) is 0 Å². The van der Waals surface area contributed by atoms with Crippen LogP contribution in [0, 0.1) is 5.92 Å². The van der Waals surface area contributed by atoms with E-state index in [1.165, 1.54) is 32.6 Å². The molecule has 0 N–H and O–H groups in total. The average Bonchev–Trinajstić information content (AvgIpc) is 2.58. The highest BCUT2D eigenvalue weighted by Crippen LogP contribution is 2.19. The molecule has 0 heterocycles. The van der Waals surface area contributed by atoms with Crippen LogP contribution < -0.4 is 4.90 Å². The third-order valence-electron chi connectivity index (χ3n) is 3.66. The zero-order chi connectivity index (χ0) is 20.4. The van der Waals surface area contributed by atoms with Crippen LogP contribution in [0.15, 0.2) is 30.3 Å². The molecule has 2 atom stereocenters. The summed E-state index contributed by atoms with van der Waals surface area (Å²) in [7, 11) is 0. The Bertz CT molecular complexity index is 659. The summed E-state index contributed by atoms with van der Waals surface area (Å²) in [6, 6.07) is 8.92. The quantitative estimate of drug-likeness (QED) is 0.476. The van der Waals surface area contributed by atoms with Crippen molar-refractivity contribution in [3.05, 3.63) is 30.3 Å². The highest BCUT2D eigenvalue weighted by Gasteiger charge is 2.30. The molecule has 0 aliphatic carbocycles. The van der Waals surface area contributed by atoms with Crippen molar-refractivity contribution in [2.45, 2.75) is 33.8 Å². The highest BCUT2D eigenvalue weighted by molar-refractivity contribution is 5.91. The Kier molecular flexibility index (Phi) is 8.98. The minimum atomic E-state index is -0.878. The lowest BCUT2D eigenvalue weighted by Gasteiger charge is -2.31. The number of esters is 3. The maximum atomic E-state index is 12.2. The number of benzene rings is 1. The van der Waals surface area contributed by atoms with Gasteiger partial charge in [-0.3, -0.25) is 19.2 Å². The van der Waals surface area contributed by atoms with Gasteiger partial charge in [0.25, 0.3) is 0 Å². The topological polar surface area (TPSA) is 99.2 Å². The van der Waals surface area contributed by atoms with E-state index in [0.717, 1.165) is 0 Å². The molecule has 0 fully saturated rings. The predicted molar refractivity (Wildman–Crippen MR) is 96.8 cm³/mol. The summed E-state index contributed by atoms with van der Waals surface area (Å²) in [5.41, 5.74) is 0.645. The lowest BCUT2D eigenvalue weighted by atomic mass is 10.0. The molecule has 0 spiro atoms. The maximum absolute atomic E-state index is 12.2. The SMILES string of the molecule is CC(=O)OC[C@H](CN(C(C)=O)c1ccccc1)[C@@H](COC(C)=O)OC(C)=O. The molecular weight excluding hydrogens is 354 g/mol. The van der Waals surface area contributed by atoms with Crippen LogP contribution in [0.25, 0.3) is 0 Å². The van der Waals surface area contributed by atoms with E-state index >= 15 is 0 Å². The first-order valence-electron chi connectivity index (χ1n) is 8.47. The largest absolute Gasteiger partial charge is 0.465 e. The van der Waals surface area contributed by atoms with Crippen molar-refractivity contribution >= 4 is 29.5 Å². The fraction of sp³-hybridized carbons (Fsp3) is 0.474. The summed E-state index contributed by atoms with van der Waals surface area (Å²) >= 11 is 0. The molecule has 8 heteroatoms. The predicted octanol–water partition coefficient (Wildman–Crippen LogP) is 1.71. The number of hydrogen-bond acceptors (Lipinski definition) is 7. The minimum Gasteiger partial charge on any atom is -0.465 e. The molecule has 148 valence electrons. The number of rotatable bonds is 9. The Labute approximate surface area is 158 Å². The number of para-hydroxylation sites is 1. The Morgan fingerprint density at radius 1 is 0.852 bits per heavy atom. The van der Waals surface area contributed by atoms with E-state index in [0.29, 0.717) is 5.69 Å². The Morgan fingerprint density at radius 3 is 1.89 bits per heavy atom. The van der Waals surface area contributed by atoms with E-state index in [-0.39, 0.29) is 25.7 Å². The van der Waals surface area contributed by atoms with Crippen molar-refractivity contribution in [1.82, 2.24) is 0 Å². The molecule has 0 bridgehead atoms. The van der Waals surface area contributed by atoms with Crippen LogP contribution in [-0.4, -0.2) is 49.7 Å². The number of carbonyl (C=O) groups excluding carboxylic acids is 4. The van der Waals surface area contributed by atoms with Gasteiger partial charge >= 0.3 is 17.9 Å². The van der Waals surface area contributed by atoms with E-state index in [4.69, 9.17) is 14.2 Å². The second kappa shape index (κ2) is 10.9. The van der Waals surface area contributed by atoms with Gasteiger partial charge < -0.3 is 19.1 Å². The zero-order valence-corrected chi connectivity index (χ0v) is 16.0. The standard InChI is InChI=1S/C19H25NO7/c1-13(21)20(18-8-6-5-7-9-18)10-17(11-25-14(2)22)19(27-16(4)24)12-26-15(3)23/h5-9,17,19H,10-12H2,1-4H3/t17-,19+/m0/s1. The third kappa shape index (κ3) is 8.35. The molecule has 1 rings (SSSR count). The van der Waals surface area contributed by atoms with Gasteiger partial charge in [0.05, 0.1) is 12.5 Å². The monoisotopic (exact) mass is 379 g/mol. The van der Waals surface area contributed by atoms with Gasteiger partial charge in [0.2, 0.25) is 5.91 Å². The van der Waals surface area contributed by atoms with Gasteiger partial charge in [0.15, 0.2) is 0 Å². The van der Waals surface area contributed by atoms with Gasteiger partial charge in [0, 0.05) is 39.9 Å². The van der Waals surface area contributed by atoms with Crippen LogP contribution >= 0.6 is 0 Å². The lowest BCUT2D eigenvalue weighted by molar-refractivity contribution is -0.162. The zero-order valence-electron chi connectivity index (χ0n) is 16.0. The van der Waals surface area contributed by atoms with Crippen molar-refractivity contribution in [3.63, 3.8) is 0 Å². The van der Waals surface area contributed by atoms with Crippen LogP contribution in [0.4, 0.5) is 5.69 Å². The third-order valence-corrected chi connectivity index (χ3v) is 3.66. The van der Waals surface area contributed by atoms with Gasteiger partial charge in [-0.25, -0.2) is 0 Å². The molecular formula is C19H25NO7. The number of hydrogen-bond donors (Lipinski definition) is 0. The van der Waals surface area contributed by atoms with Crippen molar-refractivity contribution in [2.24, 2.45) is 5.92 Å². The van der Waals surface area contributed by atoms with Gasteiger partial charge in [-0.15, -0.1) is 0 Å². The Balaban J connectivity index is 3.09. The van der Waals surface area contributed by atoms with Gasteiger partial charge in [-0.2, -0.15) is 0 Å². The van der Waals surface area contributed by atoms with E-state index in [1.54, 1.807) is 24.3 Å². The van der Waals surface area contributed by atoms with Crippen molar-refractivity contribution < 1.29 is 33.4 Å². The van der Waals surface area contributed by atoms with Crippen LogP contribution in [0.5, 0.6) is 0 Å². The Morgan fingerprint density at radius 2 is 1.41 bits per heavy atom. The van der Waals surface area contributed by atoms with Crippen molar-refractivity contribution in [3.8, 4) is 0 Å². The molecule has 0 unspecified atom stereocenters. The summed E-state index contributed by atoms with van der Waals surface area (Å²) in [5.74, 6) is -2.45. The lowest BCUT2D eigenvalue weighted by Crippen LogP contribution is -2.44. The number of anilines is 1. The fourth-order valence-corrected chi connectivity index (χ4v) is 2.44. The first-order valence-corrected chi connectivity index (χ1v) is 8.47. The van der Waals surface area contributed by atoms with Crippen LogP contribution in [0.1, 0.15) is 27.7 Å². The molecule has 0 aliphatic heterocycles. The van der Waals surface area contributed by atoms with E-state index < -0.39 is 29.9 Å². The highest BCUT2D eigenvalue weighted by atomic mass is 16.6. The first-order chi connectivity index (χ1) is 12.7. The van der Waals surface area contributed by atoms with E-state index in [2.05, 4.69) is 0 Å². The molecule has 1 aromatic carbocycles. The van der Waals surface area contributed by atoms with Crippen LogP contribution in [0.3, 0.4) is 0 Å². The van der Waals surface area contributed by atoms with E-state index in [9.17, 15) is 19.2 Å². The Hall–Kier alpha value is -2.90. The second-order valence-electron chi connectivity index (χ2n) is 5.98. The molecule has 0 saturated heterocycles. The minimum absolute atomic E-state index is 0.103. The molecule has 1 aromatic rings. The molecule has 8 nitrogen and oxygen atoms in total. The fourth-order valence-electron chi connectivity index (χ4n) is 2.44. The summed E-state index contributed by atoms with van der Waals surface area (Å²) in [6.45, 7) is 4.91. The number of nitrogens with zero attached hydrogens (tertiary/aromatic N) is 1. The summed E-state index contributed by atoms with van der Waals surface area (Å²) in [4.78, 5) is 47.5. The van der Waals surface area contributed by atoms with Crippen LogP contribution in [-0.2, 0) is 33.4 Å². The molecule has 0 radical (unpaired) electrons. The summed E-state index contributed by atoms with van der Waals surface area (Å²) < 4.78 is 15.3. The first kappa shape index (κ1) is 22.1. The molecule has 0 aromatic heterocycles. The molecule has 27 heavy (non-hydrogen) atoms. The smallest absolute Gasteiger partial charge is 0.303 e.